The van der Waals surface area contributed by atoms with Gasteiger partial charge in [0.1, 0.15) is 5.82 Å². The Kier molecular flexibility index (Phi) is 5.95. The van der Waals surface area contributed by atoms with E-state index in [1.165, 1.54) is 12.1 Å². The van der Waals surface area contributed by atoms with Crippen molar-refractivity contribution < 1.29 is 9.18 Å². The number of hydrogen-bond donors (Lipinski definition) is 0. The molecular weight excluding hydrogens is 405 g/mol. The molecule has 0 aliphatic heterocycles. The molecule has 0 saturated carbocycles. The summed E-state index contributed by atoms with van der Waals surface area (Å²) in [6.07, 6.45) is 0.486. The molecule has 0 aliphatic carbocycles. The van der Waals surface area contributed by atoms with Crippen molar-refractivity contribution in [2.45, 2.75) is 18.9 Å². The molecule has 0 spiro atoms. The minimum Gasteiger partial charge on any atom is -0.341 e. The number of carbonyl (C=O) groups excluding carboxylic acids is 1. The highest BCUT2D eigenvalue weighted by Crippen LogP contribution is 2.25. The van der Waals surface area contributed by atoms with Crippen molar-refractivity contribution in [3.05, 3.63) is 106 Å². The molecule has 0 N–H and O–H groups in total. The Morgan fingerprint density at radius 2 is 1.53 bits per heavy atom. The highest BCUT2D eigenvalue weighted by atomic mass is 19.1. The fraction of sp³-hybridized carbons (Fsp3) is 0.231. The molecule has 164 valence electrons. The lowest BCUT2D eigenvalue weighted by Crippen LogP contribution is -2.32. The summed E-state index contributed by atoms with van der Waals surface area (Å²) in [4.78, 5) is 27.4. The van der Waals surface area contributed by atoms with Gasteiger partial charge in [-0.25, -0.2) is 9.18 Å². The molecule has 1 amide bonds. The number of aromatic nitrogens is 2. The van der Waals surface area contributed by atoms with Gasteiger partial charge in [-0.1, -0.05) is 48.5 Å². The van der Waals surface area contributed by atoms with Crippen molar-refractivity contribution in [3.8, 4) is 0 Å². The van der Waals surface area contributed by atoms with Gasteiger partial charge in [-0.05, 0) is 47.4 Å². The van der Waals surface area contributed by atoms with Crippen LogP contribution >= 0.6 is 0 Å². The number of halogens is 1. The fourth-order valence-electron chi connectivity index (χ4n) is 4.16. The smallest absolute Gasteiger partial charge is 0.328 e. The first-order chi connectivity index (χ1) is 15.3. The summed E-state index contributed by atoms with van der Waals surface area (Å²) < 4.78 is 16.6. The zero-order valence-electron chi connectivity index (χ0n) is 18.5. The Bertz CT molecular complexity index is 1310. The second kappa shape index (κ2) is 8.83. The molecule has 0 bridgehead atoms. The van der Waals surface area contributed by atoms with Crippen LogP contribution in [0.15, 0.2) is 77.6 Å². The number of rotatable bonds is 6. The van der Waals surface area contributed by atoms with Crippen LogP contribution in [-0.4, -0.2) is 27.0 Å². The van der Waals surface area contributed by atoms with Gasteiger partial charge in [0.05, 0.1) is 17.0 Å². The van der Waals surface area contributed by atoms with Crippen LogP contribution in [0.2, 0.25) is 0 Å². The highest BCUT2D eigenvalue weighted by molar-refractivity contribution is 5.84. The Labute approximate surface area is 186 Å². The van der Waals surface area contributed by atoms with Gasteiger partial charge in [0.25, 0.3) is 0 Å². The zero-order valence-corrected chi connectivity index (χ0v) is 18.5. The number of hydrogen-bond acceptors (Lipinski definition) is 2. The number of benzene rings is 3. The second-order valence-corrected chi connectivity index (χ2v) is 8.21. The van der Waals surface area contributed by atoms with Crippen LogP contribution < -0.4 is 5.69 Å². The van der Waals surface area contributed by atoms with E-state index >= 15 is 0 Å². The first kappa shape index (κ1) is 21.6. The number of aryl methyl sites for hydroxylation is 2. The van der Waals surface area contributed by atoms with Gasteiger partial charge in [-0.2, -0.15) is 0 Å². The summed E-state index contributed by atoms with van der Waals surface area (Å²) in [6.45, 7) is 0.421. The van der Waals surface area contributed by atoms with Crippen molar-refractivity contribution in [1.29, 1.82) is 0 Å². The predicted molar refractivity (Wildman–Crippen MR) is 124 cm³/mol. The maximum Gasteiger partial charge on any atom is 0.328 e. The molecule has 3 aromatic carbocycles. The van der Waals surface area contributed by atoms with Crippen LogP contribution in [0.1, 0.15) is 22.6 Å². The monoisotopic (exact) mass is 431 g/mol. The number of imidazole rings is 1. The Hall–Kier alpha value is -3.67. The largest absolute Gasteiger partial charge is 0.341 e. The van der Waals surface area contributed by atoms with Gasteiger partial charge >= 0.3 is 5.69 Å². The standard InChI is InChI=1S/C26H26FN3O2/c1-28(17-19-11-14-23-24(16-19)30(3)26(32)29(23)2)25(31)22(20-7-5-4-6-8-20)15-18-9-12-21(27)13-10-18/h4-14,16,22H,15,17H2,1-3H3. The summed E-state index contributed by atoms with van der Waals surface area (Å²) in [7, 11) is 5.29. The third-order valence-electron chi connectivity index (χ3n) is 5.99. The predicted octanol–water partition coefficient (Wildman–Crippen LogP) is 4.00. The minimum atomic E-state index is -0.378. The maximum absolute atomic E-state index is 13.5. The van der Waals surface area contributed by atoms with Crippen molar-refractivity contribution >= 4 is 16.9 Å². The van der Waals surface area contributed by atoms with Crippen molar-refractivity contribution in [3.63, 3.8) is 0 Å². The molecular formula is C26H26FN3O2. The number of nitrogens with zero attached hydrogens (tertiary/aromatic N) is 3. The lowest BCUT2D eigenvalue weighted by molar-refractivity contribution is -0.132. The number of amides is 1. The number of fused-ring (bicyclic) bond motifs is 1. The highest BCUT2D eigenvalue weighted by Gasteiger charge is 2.24. The fourth-order valence-corrected chi connectivity index (χ4v) is 4.16. The van der Waals surface area contributed by atoms with Crippen LogP contribution in [0.25, 0.3) is 11.0 Å². The van der Waals surface area contributed by atoms with E-state index in [-0.39, 0.29) is 23.3 Å². The van der Waals surface area contributed by atoms with Crippen molar-refractivity contribution in [1.82, 2.24) is 14.0 Å². The van der Waals surface area contributed by atoms with Crippen LogP contribution in [0, 0.1) is 5.82 Å². The van der Waals surface area contributed by atoms with E-state index in [0.29, 0.717) is 13.0 Å². The van der Waals surface area contributed by atoms with E-state index in [1.54, 1.807) is 47.3 Å². The molecule has 1 heterocycles. The SMILES string of the molecule is CN(Cc1ccc2c(c1)n(C)c(=O)n2C)C(=O)C(Cc1ccc(F)cc1)c1ccccc1. The molecule has 0 saturated heterocycles. The lowest BCUT2D eigenvalue weighted by atomic mass is 9.90. The average molecular weight is 432 g/mol. The van der Waals surface area contributed by atoms with Crippen molar-refractivity contribution in [2.24, 2.45) is 14.1 Å². The molecule has 1 unspecified atom stereocenters. The van der Waals surface area contributed by atoms with E-state index in [0.717, 1.165) is 27.7 Å². The number of carbonyl (C=O) groups is 1. The van der Waals surface area contributed by atoms with Crippen molar-refractivity contribution in [2.75, 3.05) is 7.05 Å². The molecule has 32 heavy (non-hydrogen) atoms. The van der Waals surface area contributed by atoms with E-state index in [4.69, 9.17) is 0 Å². The normalized spacial score (nSPS) is 12.1. The van der Waals surface area contributed by atoms with Gasteiger partial charge in [0.2, 0.25) is 5.91 Å². The molecule has 1 aromatic heterocycles. The number of likely N-dealkylation sites (N-methyl/N-ethyl adjacent to an activating group) is 1. The summed E-state index contributed by atoms with van der Waals surface area (Å²) in [5.74, 6) is -0.682. The molecule has 0 aliphatic rings. The van der Waals surface area contributed by atoms with Crippen LogP contribution in [-0.2, 0) is 31.9 Å². The summed E-state index contributed by atoms with van der Waals surface area (Å²) >= 11 is 0. The summed E-state index contributed by atoms with van der Waals surface area (Å²) in [5.41, 5.74) is 4.39. The van der Waals surface area contributed by atoms with Crippen LogP contribution in [0.5, 0.6) is 0 Å². The first-order valence-electron chi connectivity index (χ1n) is 10.5. The first-order valence-corrected chi connectivity index (χ1v) is 10.5. The summed E-state index contributed by atoms with van der Waals surface area (Å²) in [6, 6.07) is 21.8. The lowest BCUT2D eigenvalue weighted by Gasteiger charge is -2.24. The third kappa shape index (κ3) is 4.21. The molecule has 4 aromatic rings. The minimum absolute atomic E-state index is 0.0115. The maximum atomic E-state index is 13.5. The van der Waals surface area contributed by atoms with Crippen LogP contribution in [0.4, 0.5) is 4.39 Å². The molecule has 1 atom stereocenters. The second-order valence-electron chi connectivity index (χ2n) is 8.21. The van der Waals surface area contributed by atoms with Gasteiger partial charge in [-0.15, -0.1) is 0 Å². The van der Waals surface area contributed by atoms with Gasteiger partial charge in [0.15, 0.2) is 0 Å². The van der Waals surface area contributed by atoms with E-state index in [9.17, 15) is 14.0 Å². The quantitative estimate of drug-likeness (QED) is 0.463. The zero-order chi connectivity index (χ0) is 22.8. The third-order valence-corrected chi connectivity index (χ3v) is 5.99. The molecule has 0 fully saturated rings. The van der Waals surface area contributed by atoms with E-state index < -0.39 is 0 Å². The molecule has 5 nitrogen and oxygen atoms in total. The van der Waals surface area contributed by atoms with E-state index in [2.05, 4.69) is 0 Å². The van der Waals surface area contributed by atoms with Gasteiger partial charge in [0, 0.05) is 27.7 Å². The Morgan fingerprint density at radius 1 is 0.906 bits per heavy atom. The molecule has 0 radical (unpaired) electrons. The Morgan fingerprint density at radius 3 is 2.22 bits per heavy atom. The average Bonchev–Trinajstić information content (AvgIpc) is 3.02. The Balaban J connectivity index is 1.60. The van der Waals surface area contributed by atoms with Crippen LogP contribution in [0.3, 0.4) is 0 Å². The van der Waals surface area contributed by atoms with E-state index in [1.807, 2.05) is 48.5 Å². The van der Waals surface area contributed by atoms with Gasteiger partial charge in [-0.3, -0.25) is 13.9 Å². The topological polar surface area (TPSA) is 47.2 Å². The molecule has 4 rings (SSSR count). The molecule has 6 heteroatoms. The van der Waals surface area contributed by atoms with Gasteiger partial charge < -0.3 is 4.90 Å². The summed E-state index contributed by atoms with van der Waals surface area (Å²) in [5, 5.41) is 0.